The fourth-order valence-electron chi connectivity index (χ4n) is 5.45. The van der Waals surface area contributed by atoms with Gasteiger partial charge in [-0.25, -0.2) is 9.18 Å². The monoisotopic (exact) mass is 580 g/mol. The number of aliphatic hydroxyl groups excluding tert-OH is 1. The molecule has 2 aromatic heterocycles. The molecule has 2 N–H and O–H groups in total. The normalized spacial score (nSPS) is 16.9. The molecule has 1 atom stereocenters. The number of aliphatic hydroxyl groups is 1. The molecule has 4 aromatic rings. The van der Waals surface area contributed by atoms with Gasteiger partial charge in [0.05, 0.1) is 18.9 Å². The van der Waals surface area contributed by atoms with Gasteiger partial charge in [0.1, 0.15) is 40.1 Å². The van der Waals surface area contributed by atoms with Crippen LogP contribution >= 0.6 is 11.8 Å². The Morgan fingerprint density at radius 2 is 1.90 bits per heavy atom. The Hall–Kier alpha value is -3.64. The Labute approximate surface area is 238 Å². The van der Waals surface area contributed by atoms with Gasteiger partial charge in [-0.2, -0.15) is 0 Å². The Balaban J connectivity index is 1.33. The number of fused-ring (bicyclic) bond motifs is 4. The maximum Gasteiger partial charge on any atom is 0.354 e. The van der Waals surface area contributed by atoms with Gasteiger partial charge in [0, 0.05) is 41.7 Å². The molecule has 0 saturated carbocycles. The molecular weight excluding hydrogens is 551 g/mol. The predicted octanol–water partition coefficient (Wildman–Crippen LogP) is 3.65. The molecule has 0 amide bonds. The first-order chi connectivity index (χ1) is 19.6. The van der Waals surface area contributed by atoms with E-state index in [0.717, 1.165) is 30.4 Å². The van der Waals surface area contributed by atoms with E-state index in [1.54, 1.807) is 24.3 Å². The van der Waals surface area contributed by atoms with E-state index in [2.05, 4.69) is 4.90 Å². The summed E-state index contributed by atoms with van der Waals surface area (Å²) >= 11 is 0.827. The molecule has 2 aliphatic rings. The molecule has 41 heavy (non-hydrogen) atoms. The number of nitrogens with zero attached hydrogens (tertiary/aromatic N) is 2. The Kier molecular flexibility index (Phi) is 7.14. The van der Waals surface area contributed by atoms with Crippen LogP contribution in [0.2, 0.25) is 0 Å². The highest BCUT2D eigenvalue weighted by atomic mass is 32.2. The Morgan fingerprint density at radius 3 is 2.66 bits per heavy atom. The second kappa shape index (κ2) is 10.6. The van der Waals surface area contributed by atoms with Crippen LogP contribution in [0.3, 0.4) is 0 Å². The highest BCUT2D eigenvalue weighted by Crippen LogP contribution is 2.45. The molecule has 2 aliphatic heterocycles. The van der Waals surface area contributed by atoms with Crippen LogP contribution < -0.4 is 15.9 Å². The molecule has 9 nitrogen and oxygen atoms in total. The van der Waals surface area contributed by atoms with Gasteiger partial charge in [0.15, 0.2) is 5.75 Å². The zero-order valence-corrected chi connectivity index (χ0v) is 23.4. The summed E-state index contributed by atoms with van der Waals surface area (Å²) in [6, 6.07) is 12.5. The van der Waals surface area contributed by atoms with E-state index in [1.807, 2.05) is 19.9 Å². The second-order valence-corrected chi connectivity index (χ2v) is 11.8. The number of pyridine rings is 1. The van der Waals surface area contributed by atoms with E-state index in [0.29, 0.717) is 41.8 Å². The minimum Gasteiger partial charge on any atom is -0.505 e. The lowest BCUT2D eigenvalue weighted by atomic mass is 9.83. The van der Waals surface area contributed by atoms with Gasteiger partial charge in [-0.1, -0.05) is 31.7 Å². The Morgan fingerprint density at radius 1 is 1.12 bits per heavy atom. The average molecular weight is 581 g/mol. The first kappa shape index (κ1) is 27.5. The van der Waals surface area contributed by atoms with Crippen LogP contribution in [0.25, 0.3) is 16.7 Å². The summed E-state index contributed by atoms with van der Waals surface area (Å²) in [6.45, 7) is 7.32. The second-order valence-electron chi connectivity index (χ2n) is 10.7. The fraction of sp³-hybridized carbons (Fsp3) is 0.333. The predicted molar refractivity (Wildman–Crippen MR) is 151 cm³/mol. The smallest absolute Gasteiger partial charge is 0.354 e. The third-order valence-electron chi connectivity index (χ3n) is 7.57. The number of hydrogen-bond acceptors (Lipinski definition) is 9. The lowest BCUT2D eigenvalue weighted by Gasteiger charge is -2.28. The van der Waals surface area contributed by atoms with Crippen molar-refractivity contribution in [1.82, 2.24) is 9.47 Å². The van der Waals surface area contributed by atoms with Gasteiger partial charge in [-0.15, -0.1) is 0 Å². The van der Waals surface area contributed by atoms with Crippen molar-refractivity contribution in [3.63, 3.8) is 0 Å². The van der Waals surface area contributed by atoms with Crippen molar-refractivity contribution in [3.05, 3.63) is 86.4 Å². The standard InChI is InChI=1S/C30H29FN2O7S/c1-30(2)21-13-19(39-16-18(34)15-32-8-10-38-11-9-32)6-7-22(21)33-24(30)14-23-25(28(33)36)26(35)27(29(37)40-23)41-20-5-3-4-17(31)12-20/h3-7,12-14,18,34-35H,8-11,15-16H2,1-2H3. The minimum absolute atomic E-state index is 0.0315. The zero-order chi connectivity index (χ0) is 28.9. The number of morpholine rings is 1. The van der Waals surface area contributed by atoms with Crippen LogP contribution in [-0.4, -0.2) is 65.2 Å². The van der Waals surface area contributed by atoms with Gasteiger partial charge in [0.2, 0.25) is 0 Å². The van der Waals surface area contributed by atoms with E-state index in [-0.39, 0.29) is 22.5 Å². The van der Waals surface area contributed by atoms with Gasteiger partial charge in [-0.05, 0) is 42.0 Å². The number of ether oxygens (including phenoxy) is 2. The molecule has 1 unspecified atom stereocenters. The molecule has 214 valence electrons. The van der Waals surface area contributed by atoms with Crippen molar-refractivity contribution in [3.8, 4) is 17.2 Å². The molecule has 0 bridgehead atoms. The summed E-state index contributed by atoms with van der Waals surface area (Å²) in [7, 11) is 0. The quantitative estimate of drug-likeness (QED) is 0.338. The summed E-state index contributed by atoms with van der Waals surface area (Å²) in [6.07, 6.45) is -0.676. The van der Waals surface area contributed by atoms with Gasteiger partial charge >= 0.3 is 5.63 Å². The van der Waals surface area contributed by atoms with Crippen LogP contribution in [0, 0.1) is 5.82 Å². The molecule has 11 heteroatoms. The number of aromatic hydroxyl groups is 1. The number of benzene rings is 2. The number of β-amino-alcohol motifs (C(OH)–C–C–N with tert-alkyl or cyclic N) is 1. The molecule has 4 heterocycles. The van der Waals surface area contributed by atoms with Gasteiger partial charge in [0.25, 0.3) is 5.56 Å². The van der Waals surface area contributed by atoms with Crippen LogP contribution in [0.1, 0.15) is 25.1 Å². The molecule has 0 aliphatic carbocycles. The summed E-state index contributed by atoms with van der Waals surface area (Å²) < 4.78 is 32.0. The van der Waals surface area contributed by atoms with Crippen molar-refractivity contribution in [2.45, 2.75) is 35.2 Å². The summed E-state index contributed by atoms with van der Waals surface area (Å²) in [5.74, 6) is -0.455. The minimum atomic E-state index is -0.826. The molecule has 6 rings (SSSR count). The Bertz CT molecular complexity index is 1760. The van der Waals surface area contributed by atoms with Crippen LogP contribution in [0.4, 0.5) is 4.39 Å². The molecule has 0 spiro atoms. The first-order valence-corrected chi connectivity index (χ1v) is 14.1. The molecule has 0 radical (unpaired) electrons. The van der Waals surface area contributed by atoms with Crippen molar-refractivity contribution in [2.24, 2.45) is 0 Å². The molecule has 1 fully saturated rings. The first-order valence-electron chi connectivity index (χ1n) is 13.3. The van der Waals surface area contributed by atoms with Gasteiger partial charge < -0.3 is 24.1 Å². The fourth-order valence-corrected chi connectivity index (χ4v) is 6.32. The summed E-state index contributed by atoms with van der Waals surface area (Å²) in [5, 5.41) is 21.4. The number of aromatic nitrogens is 1. The van der Waals surface area contributed by atoms with Crippen LogP contribution in [0.5, 0.6) is 11.5 Å². The van der Waals surface area contributed by atoms with Crippen molar-refractivity contribution in [1.29, 1.82) is 0 Å². The van der Waals surface area contributed by atoms with Crippen molar-refractivity contribution in [2.75, 3.05) is 39.5 Å². The van der Waals surface area contributed by atoms with E-state index < -0.39 is 34.3 Å². The van der Waals surface area contributed by atoms with Crippen molar-refractivity contribution >= 4 is 22.7 Å². The highest BCUT2D eigenvalue weighted by molar-refractivity contribution is 7.99. The largest absolute Gasteiger partial charge is 0.505 e. The topological polar surface area (TPSA) is 114 Å². The highest BCUT2D eigenvalue weighted by Gasteiger charge is 2.38. The van der Waals surface area contributed by atoms with E-state index in [1.165, 1.54) is 22.8 Å². The molecule has 1 saturated heterocycles. The van der Waals surface area contributed by atoms with Gasteiger partial charge in [-0.3, -0.25) is 14.3 Å². The van der Waals surface area contributed by atoms with Crippen LogP contribution in [-0.2, 0) is 10.2 Å². The third kappa shape index (κ3) is 5.03. The summed E-state index contributed by atoms with van der Waals surface area (Å²) in [4.78, 5) is 29.0. The zero-order valence-electron chi connectivity index (χ0n) is 22.6. The molecule has 2 aromatic carbocycles. The maximum absolute atomic E-state index is 13.8. The average Bonchev–Trinajstić information content (AvgIpc) is 3.16. The maximum atomic E-state index is 13.8. The van der Waals surface area contributed by atoms with E-state index in [9.17, 15) is 24.2 Å². The van der Waals surface area contributed by atoms with Crippen LogP contribution in [0.15, 0.2) is 72.3 Å². The lowest BCUT2D eigenvalue weighted by molar-refractivity contribution is 0.00465. The number of halogens is 1. The third-order valence-corrected chi connectivity index (χ3v) is 8.62. The summed E-state index contributed by atoms with van der Waals surface area (Å²) in [5.41, 5.74) is -0.0603. The van der Waals surface area contributed by atoms with Crippen molar-refractivity contribution < 1.29 is 28.5 Å². The molecular formula is C30H29FN2O7S. The van der Waals surface area contributed by atoms with E-state index >= 15 is 0 Å². The number of rotatable bonds is 7. The lowest BCUT2D eigenvalue weighted by Crippen LogP contribution is -2.42. The van der Waals surface area contributed by atoms with E-state index in [4.69, 9.17) is 13.9 Å². The SMILES string of the molecule is CC1(C)c2cc(OCC(O)CN3CCOCC3)ccc2-n2c1cc1oc(=O)c(Sc3cccc(F)c3)c(O)c1c2=O. The number of hydrogen-bond donors (Lipinski definition) is 2.